The molecule has 32 heavy (non-hydrogen) atoms. The minimum Gasteiger partial charge on any atom is -0.343 e. The van der Waals surface area contributed by atoms with Crippen LogP contribution in [0.1, 0.15) is 44.1 Å². The van der Waals surface area contributed by atoms with E-state index >= 15 is 0 Å². The summed E-state index contributed by atoms with van der Waals surface area (Å²) in [4.78, 5) is 20.2. The number of anilines is 1. The Hall–Kier alpha value is -1.40. The van der Waals surface area contributed by atoms with Crippen molar-refractivity contribution < 1.29 is 4.79 Å². The predicted octanol–water partition coefficient (Wildman–Crippen LogP) is 7.05. The van der Waals surface area contributed by atoms with Gasteiger partial charge >= 0.3 is 0 Å². The van der Waals surface area contributed by atoms with Gasteiger partial charge in [0.1, 0.15) is 0 Å². The Morgan fingerprint density at radius 3 is 2.44 bits per heavy atom. The fourth-order valence-electron chi connectivity index (χ4n) is 4.18. The number of hydrogen-bond donors (Lipinski definition) is 1. The molecule has 1 amide bonds. The van der Waals surface area contributed by atoms with Crippen molar-refractivity contribution in [2.75, 3.05) is 11.1 Å². The van der Waals surface area contributed by atoms with E-state index in [9.17, 15) is 4.79 Å². The maximum Gasteiger partial charge on any atom is 0.226 e. The van der Waals surface area contributed by atoms with E-state index in [0.717, 1.165) is 17.5 Å². The second-order valence-corrected chi connectivity index (χ2v) is 10.1. The van der Waals surface area contributed by atoms with E-state index in [1.807, 2.05) is 6.07 Å². The van der Waals surface area contributed by atoms with Gasteiger partial charge in [0, 0.05) is 40.5 Å². The quantitative estimate of drug-likeness (QED) is 0.451. The van der Waals surface area contributed by atoms with Crippen LogP contribution in [-0.4, -0.2) is 33.8 Å². The van der Waals surface area contributed by atoms with Gasteiger partial charge in [0.2, 0.25) is 5.91 Å². The molecular formula is C24H28Cl3N3OS. The van der Waals surface area contributed by atoms with Gasteiger partial charge in [-0.1, -0.05) is 84.6 Å². The lowest BCUT2D eigenvalue weighted by molar-refractivity contribution is -0.116. The molecule has 2 aliphatic rings. The van der Waals surface area contributed by atoms with E-state index in [2.05, 4.69) is 34.5 Å². The molecule has 0 bridgehead atoms. The van der Waals surface area contributed by atoms with E-state index in [0.29, 0.717) is 28.2 Å². The summed E-state index contributed by atoms with van der Waals surface area (Å²) in [6, 6.07) is 16.0. The molecule has 1 saturated heterocycles. The molecule has 2 aromatic rings. The van der Waals surface area contributed by atoms with Gasteiger partial charge in [0.15, 0.2) is 5.17 Å². The average molecular weight is 513 g/mol. The average Bonchev–Trinajstić information content (AvgIpc) is 3.09. The lowest BCUT2D eigenvalue weighted by Crippen LogP contribution is -2.37. The Morgan fingerprint density at radius 1 is 1.06 bits per heavy atom. The normalized spacial score (nSPS) is 20.2. The molecule has 2 aromatic carbocycles. The maximum atomic E-state index is 12.8. The second kappa shape index (κ2) is 12.2. The van der Waals surface area contributed by atoms with Gasteiger partial charge in [-0.2, -0.15) is 0 Å². The largest absolute Gasteiger partial charge is 0.343 e. The molecule has 4 rings (SSSR count). The van der Waals surface area contributed by atoms with E-state index in [4.69, 9.17) is 28.2 Å². The molecule has 1 saturated carbocycles. The number of aliphatic imine (C=N–C) groups is 1. The topological polar surface area (TPSA) is 44.7 Å². The molecule has 0 aromatic heterocycles. The van der Waals surface area contributed by atoms with Crippen LogP contribution >= 0.6 is 47.4 Å². The standard InChI is InChI=1S/C24H27Cl2N3OS.ClH/c25-18-11-19(26)13-21(12-18)27-23(30)14-22-16-31-24(28-20-9-5-2-6-10-20)29(22)15-17-7-3-1-4-8-17;/h1,3-4,7-8,11-13,20,22H,2,5-6,9-10,14-16H2,(H,27,30);1H/b28-24-;. The van der Waals surface area contributed by atoms with Gasteiger partial charge in [0.25, 0.3) is 0 Å². The number of amides is 1. The lowest BCUT2D eigenvalue weighted by Gasteiger charge is -2.27. The molecule has 1 heterocycles. The predicted molar refractivity (Wildman–Crippen MR) is 139 cm³/mol. The summed E-state index contributed by atoms with van der Waals surface area (Å²) in [7, 11) is 0. The number of nitrogens with zero attached hydrogens (tertiary/aromatic N) is 2. The molecule has 4 nitrogen and oxygen atoms in total. The summed E-state index contributed by atoms with van der Waals surface area (Å²) in [6.45, 7) is 0.764. The third kappa shape index (κ3) is 7.05. The van der Waals surface area contributed by atoms with Crippen LogP contribution in [0.3, 0.4) is 0 Å². The molecule has 8 heteroatoms. The molecule has 0 radical (unpaired) electrons. The molecule has 0 spiro atoms. The number of carbonyl (C=O) groups is 1. The van der Waals surface area contributed by atoms with Crippen LogP contribution in [0, 0.1) is 0 Å². The SMILES string of the molecule is Cl.O=C(CC1CS/C(=N\C2CCCCC2)N1Cc1ccccc1)Nc1cc(Cl)cc(Cl)c1. The molecule has 1 unspecified atom stereocenters. The summed E-state index contributed by atoms with van der Waals surface area (Å²) in [5.74, 6) is 0.822. The van der Waals surface area contributed by atoms with Crippen LogP contribution < -0.4 is 5.32 Å². The van der Waals surface area contributed by atoms with Gasteiger partial charge < -0.3 is 10.2 Å². The zero-order valence-electron chi connectivity index (χ0n) is 17.8. The van der Waals surface area contributed by atoms with Gasteiger partial charge in [-0.05, 0) is 36.6 Å². The first kappa shape index (κ1) is 25.2. The highest BCUT2D eigenvalue weighted by molar-refractivity contribution is 8.14. The van der Waals surface area contributed by atoms with E-state index in [1.54, 1.807) is 30.0 Å². The van der Waals surface area contributed by atoms with Crippen molar-refractivity contribution in [1.29, 1.82) is 0 Å². The minimum atomic E-state index is -0.0408. The Bertz CT molecular complexity index is 915. The highest BCUT2D eigenvalue weighted by Gasteiger charge is 2.32. The molecule has 1 aliphatic heterocycles. The van der Waals surface area contributed by atoms with Crippen LogP contribution in [0.5, 0.6) is 0 Å². The third-order valence-corrected chi connectivity index (χ3v) is 7.31. The second-order valence-electron chi connectivity index (χ2n) is 8.19. The van der Waals surface area contributed by atoms with Gasteiger partial charge in [0.05, 0.1) is 6.04 Å². The molecule has 172 valence electrons. The van der Waals surface area contributed by atoms with Crippen LogP contribution in [0.4, 0.5) is 5.69 Å². The fraction of sp³-hybridized carbons (Fsp3) is 0.417. The summed E-state index contributed by atoms with van der Waals surface area (Å²) in [5, 5.41) is 5.04. The summed E-state index contributed by atoms with van der Waals surface area (Å²) >= 11 is 13.9. The van der Waals surface area contributed by atoms with E-state index in [1.165, 1.54) is 37.7 Å². The summed E-state index contributed by atoms with van der Waals surface area (Å²) < 4.78 is 0. The van der Waals surface area contributed by atoms with Gasteiger partial charge in [-0.3, -0.25) is 9.79 Å². The minimum absolute atomic E-state index is 0. The number of benzene rings is 2. The number of hydrogen-bond acceptors (Lipinski definition) is 3. The number of nitrogens with one attached hydrogen (secondary N) is 1. The van der Waals surface area contributed by atoms with Crippen molar-refractivity contribution in [3.63, 3.8) is 0 Å². The van der Waals surface area contributed by atoms with Crippen molar-refractivity contribution in [1.82, 2.24) is 4.90 Å². The molecule has 1 aliphatic carbocycles. The number of rotatable bonds is 6. The Balaban J connectivity index is 0.00000289. The number of carbonyl (C=O) groups excluding carboxylic acids is 1. The van der Waals surface area contributed by atoms with Gasteiger partial charge in [-0.15, -0.1) is 12.4 Å². The first-order valence-corrected chi connectivity index (χ1v) is 12.6. The maximum absolute atomic E-state index is 12.8. The molecule has 1 N–H and O–H groups in total. The lowest BCUT2D eigenvalue weighted by atomic mass is 9.96. The van der Waals surface area contributed by atoms with Crippen LogP contribution in [0.2, 0.25) is 10.0 Å². The van der Waals surface area contributed by atoms with Gasteiger partial charge in [-0.25, -0.2) is 0 Å². The Labute approximate surface area is 210 Å². The highest BCUT2D eigenvalue weighted by Crippen LogP contribution is 2.31. The van der Waals surface area contributed by atoms with Crippen LogP contribution in [-0.2, 0) is 11.3 Å². The monoisotopic (exact) mass is 511 g/mol. The molecule has 2 fully saturated rings. The zero-order valence-corrected chi connectivity index (χ0v) is 21.0. The van der Waals surface area contributed by atoms with Crippen molar-refractivity contribution in [2.24, 2.45) is 4.99 Å². The van der Waals surface area contributed by atoms with Crippen molar-refractivity contribution in [3.05, 3.63) is 64.1 Å². The Kier molecular flexibility index (Phi) is 9.60. The van der Waals surface area contributed by atoms with Crippen molar-refractivity contribution in [2.45, 2.75) is 57.2 Å². The first-order valence-electron chi connectivity index (χ1n) is 10.8. The highest BCUT2D eigenvalue weighted by atomic mass is 35.5. The van der Waals surface area contributed by atoms with E-state index in [-0.39, 0.29) is 24.4 Å². The van der Waals surface area contributed by atoms with E-state index < -0.39 is 0 Å². The first-order chi connectivity index (χ1) is 15.1. The fourth-order valence-corrected chi connectivity index (χ4v) is 5.94. The van der Waals surface area contributed by atoms with Crippen LogP contribution in [0.25, 0.3) is 0 Å². The van der Waals surface area contributed by atoms with Crippen molar-refractivity contribution >= 4 is 64.1 Å². The molecular weight excluding hydrogens is 485 g/mol. The number of amidine groups is 1. The Morgan fingerprint density at radius 2 is 1.75 bits per heavy atom. The molecule has 1 atom stereocenters. The smallest absolute Gasteiger partial charge is 0.226 e. The summed E-state index contributed by atoms with van der Waals surface area (Å²) in [6.07, 6.45) is 6.58. The number of halogens is 3. The summed E-state index contributed by atoms with van der Waals surface area (Å²) in [5.41, 5.74) is 1.85. The van der Waals surface area contributed by atoms with Crippen molar-refractivity contribution in [3.8, 4) is 0 Å². The number of thioether (sulfide) groups is 1. The zero-order chi connectivity index (χ0) is 21.6. The van der Waals surface area contributed by atoms with Crippen LogP contribution in [0.15, 0.2) is 53.5 Å². The third-order valence-electron chi connectivity index (χ3n) is 5.72.